The number of hydrogen-bond acceptors (Lipinski definition) is 6. The highest BCUT2D eigenvalue weighted by Gasteiger charge is 2.38. The van der Waals surface area contributed by atoms with E-state index in [4.69, 9.17) is 9.05 Å². The fourth-order valence-electron chi connectivity index (χ4n) is 1.70. The number of methoxy groups -OCH3 is 1. The van der Waals surface area contributed by atoms with E-state index in [9.17, 15) is 9.36 Å². The van der Waals surface area contributed by atoms with Gasteiger partial charge in [0, 0.05) is 0 Å². The number of hydrogen-bond donors (Lipinski definition) is 0. The Morgan fingerprint density at radius 1 is 1.37 bits per heavy atom. The van der Waals surface area contributed by atoms with E-state index < -0.39 is 19.2 Å². The third-order valence-corrected chi connectivity index (χ3v) is 5.70. The highest BCUT2D eigenvalue weighted by molar-refractivity contribution is 7.54. The van der Waals surface area contributed by atoms with Gasteiger partial charge >= 0.3 is 13.6 Å². The quantitative estimate of drug-likeness (QED) is 0.542. The highest BCUT2D eigenvalue weighted by Crippen LogP contribution is 2.62. The molecule has 1 unspecified atom stereocenters. The average Bonchev–Trinajstić information content (AvgIpc) is 2.89. The van der Waals surface area contributed by atoms with Crippen molar-refractivity contribution >= 4 is 24.9 Å². The summed E-state index contributed by atoms with van der Waals surface area (Å²) in [6.45, 7) is 4.02. The van der Waals surface area contributed by atoms with Crippen LogP contribution in [0, 0.1) is 0 Å². The first-order valence-corrected chi connectivity index (χ1v) is 8.60. The molecular formula is C12H19O5PS. The number of carbonyl (C=O) groups excluding carboxylic acids is 1. The number of carbonyl (C=O) groups is 1. The van der Waals surface area contributed by atoms with Gasteiger partial charge in [-0.1, -0.05) is 0 Å². The molecule has 1 aromatic rings. The lowest BCUT2D eigenvalue weighted by molar-refractivity contribution is -0.140. The van der Waals surface area contributed by atoms with E-state index in [1.54, 1.807) is 13.8 Å². The molecule has 0 bridgehead atoms. The lowest BCUT2D eigenvalue weighted by Gasteiger charge is -2.25. The Hall–Kier alpha value is -0.680. The van der Waals surface area contributed by atoms with Crippen LogP contribution in [-0.4, -0.2) is 26.3 Å². The summed E-state index contributed by atoms with van der Waals surface area (Å²) in [6.07, 6.45) is -0.0233. The number of rotatable bonds is 8. The van der Waals surface area contributed by atoms with Crippen LogP contribution in [0.5, 0.6) is 0 Å². The van der Waals surface area contributed by atoms with Crippen molar-refractivity contribution in [2.45, 2.75) is 25.9 Å². The topological polar surface area (TPSA) is 61.8 Å². The van der Waals surface area contributed by atoms with Gasteiger partial charge in [0.2, 0.25) is 0 Å². The molecule has 7 heteroatoms. The molecule has 1 aromatic heterocycles. The first kappa shape index (κ1) is 16.4. The van der Waals surface area contributed by atoms with Gasteiger partial charge in [-0.05, 0) is 36.2 Å². The van der Waals surface area contributed by atoms with Crippen molar-refractivity contribution in [1.82, 2.24) is 0 Å². The van der Waals surface area contributed by atoms with E-state index in [0.29, 0.717) is 0 Å². The van der Waals surface area contributed by atoms with Gasteiger partial charge in [0.1, 0.15) is 0 Å². The summed E-state index contributed by atoms with van der Waals surface area (Å²) in [6, 6.07) is 1.82. The Bertz CT molecular complexity index is 421. The van der Waals surface area contributed by atoms with Gasteiger partial charge in [-0.15, -0.1) is 0 Å². The second kappa shape index (κ2) is 7.80. The lowest BCUT2D eigenvalue weighted by Crippen LogP contribution is -2.12. The molecule has 19 heavy (non-hydrogen) atoms. The normalized spacial score (nSPS) is 13.2. The molecule has 0 aliphatic carbocycles. The molecule has 1 rings (SSSR count). The number of esters is 1. The van der Waals surface area contributed by atoms with Crippen LogP contribution < -0.4 is 0 Å². The second-order valence-corrected chi connectivity index (χ2v) is 6.73. The van der Waals surface area contributed by atoms with Crippen LogP contribution >= 0.6 is 18.9 Å². The van der Waals surface area contributed by atoms with Gasteiger partial charge in [0.05, 0.1) is 32.4 Å². The molecule has 1 heterocycles. The molecule has 5 nitrogen and oxygen atoms in total. The molecule has 0 amide bonds. The fraction of sp³-hybridized carbons (Fsp3) is 0.583. The minimum Gasteiger partial charge on any atom is -0.469 e. The SMILES string of the molecule is CCOP(=O)(OCC)C(CC(=O)OC)c1ccsc1. The Balaban J connectivity index is 3.05. The van der Waals surface area contributed by atoms with Crippen molar-refractivity contribution in [3.8, 4) is 0 Å². The van der Waals surface area contributed by atoms with E-state index in [-0.39, 0.29) is 19.6 Å². The standard InChI is InChI=1S/C12H19O5PS/c1-4-16-18(14,17-5-2)11(8-12(13)15-3)10-6-7-19-9-10/h6-7,9,11H,4-5,8H2,1-3H3. The molecule has 108 valence electrons. The Morgan fingerprint density at radius 2 is 2.00 bits per heavy atom. The third kappa shape index (κ3) is 4.42. The maximum atomic E-state index is 12.8. The summed E-state index contributed by atoms with van der Waals surface area (Å²) in [5, 5.41) is 3.71. The molecule has 0 radical (unpaired) electrons. The van der Waals surface area contributed by atoms with E-state index in [0.717, 1.165) is 5.56 Å². The predicted octanol–water partition coefficient (Wildman–Crippen LogP) is 3.62. The fourth-order valence-corrected chi connectivity index (χ4v) is 4.56. The van der Waals surface area contributed by atoms with E-state index in [1.807, 2.05) is 16.8 Å². The maximum absolute atomic E-state index is 12.8. The number of ether oxygens (including phenoxy) is 1. The van der Waals surface area contributed by atoms with Crippen LogP contribution in [0.3, 0.4) is 0 Å². The van der Waals surface area contributed by atoms with Gasteiger partial charge in [0.15, 0.2) is 0 Å². The summed E-state index contributed by atoms with van der Waals surface area (Å²) in [7, 11) is -2.07. The maximum Gasteiger partial charge on any atom is 0.338 e. The Kier molecular flexibility index (Phi) is 6.72. The first-order valence-electron chi connectivity index (χ1n) is 6.05. The van der Waals surface area contributed by atoms with Crippen LogP contribution in [0.4, 0.5) is 0 Å². The first-order chi connectivity index (χ1) is 9.07. The molecule has 0 spiro atoms. The van der Waals surface area contributed by atoms with Crippen LogP contribution in [0.15, 0.2) is 16.8 Å². The van der Waals surface area contributed by atoms with Crippen LogP contribution in [-0.2, 0) is 23.1 Å². The summed E-state index contributed by atoms with van der Waals surface area (Å²) >= 11 is 1.47. The highest BCUT2D eigenvalue weighted by atomic mass is 32.1. The molecular weight excluding hydrogens is 287 g/mol. The minimum atomic E-state index is -3.38. The summed E-state index contributed by atoms with van der Waals surface area (Å²) in [5.41, 5.74) is 0.159. The molecule has 0 fully saturated rings. The van der Waals surface area contributed by atoms with Crippen LogP contribution in [0.25, 0.3) is 0 Å². The van der Waals surface area contributed by atoms with Crippen molar-refractivity contribution in [3.05, 3.63) is 22.4 Å². The lowest BCUT2D eigenvalue weighted by atomic mass is 10.2. The van der Waals surface area contributed by atoms with E-state index in [2.05, 4.69) is 4.74 Å². The Labute approximate surface area is 117 Å². The van der Waals surface area contributed by atoms with Gasteiger partial charge in [0.25, 0.3) is 0 Å². The van der Waals surface area contributed by atoms with Crippen LogP contribution in [0.1, 0.15) is 31.5 Å². The molecule has 1 atom stereocenters. The zero-order valence-corrected chi connectivity index (χ0v) is 13.0. The molecule has 0 saturated heterocycles. The molecule has 0 aliphatic heterocycles. The van der Waals surface area contributed by atoms with E-state index >= 15 is 0 Å². The summed E-state index contributed by atoms with van der Waals surface area (Å²) in [4.78, 5) is 11.5. The van der Waals surface area contributed by atoms with Crippen LogP contribution in [0.2, 0.25) is 0 Å². The summed E-state index contributed by atoms with van der Waals surface area (Å²) in [5.74, 6) is -0.434. The van der Waals surface area contributed by atoms with Gasteiger partial charge in [-0.25, -0.2) is 0 Å². The van der Waals surface area contributed by atoms with Crippen molar-refractivity contribution in [3.63, 3.8) is 0 Å². The monoisotopic (exact) mass is 306 g/mol. The van der Waals surface area contributed by atoms with Crippen molar-refractivity contribution < 1.29 is 23.1 Å². The summed E-state index contributed by atoms with van der Waals surface area (Å²) < 4.78 is 28.1. The van der Waals surface area contributed by atoms with Crippen molar-refractivity contribution in [2.24, 2.45) is 0 Å². The minimum absolute atomic E-state index is 0.0233. The smallest absolute Gasteiger partial charge is 0.338 e. The van der Waals surface area contributed by atoms with Crippen molar-refractivity contribution in [2.75, 3.05) is 20.3 Å². The molecule has 0 saturated carbocycles. The zero-order valence-electron chi connectivity index (χ0n) is 11.3. The second-order valence-electron chi connectivity index (χ2n) is 3.73. The van der Waals surface area contributed by atoms with Crippen molar-refractivity contribution in [1.29, 1.82) is 0 Å². The predicted molar refractivity (Wildman–Crippen MR) is 74.6 cm³/mol. The number of thiophene rings is 1. The molecule has 0 aliphatic rings. The third-order valence-electron chi connectivity index (χ3n) is 2.52. The molecule has 0 N–H and O–H groups in total. The zero-order chi connectivity index (χ0) is 14.3. The van der Waals surface area contributed by atoms with Gasteiger partial charge < -0.3 is 13.8 Å². The molecule has 0 aromatic carbocycles. The largest absolute Gasteiger partial charge is 0.469 e. The van der Waals surface area contributed by atoms with Gasteiger partial charge in [-0.2, -0.15) is 11.3 Å². The average molecular weight is 306 g/mol. The Morgan fingerprint density at radius 3 is 2.42 bits per heavy atom. The van der Waals surface area contributed by atoms with Gasteiger partial charge in [-0.3, -0.25) is 9.36 Å². The van der Waals surface area contributed by atoms with E-state index in [1.165, 1.54) is 18.4 Å².